The lowest BCUT2D eigenvalue weighted by Gasteiger charge is -2.08. The van der Waals surface area contributed by atoms with Crippen molar-refractivity contribution < 1.29 is 4.79 Å². The minimum Gasteiger partial charge on any atom is -0.325 e. The highest BCUT2D eigenvalue weighted by atomic mass is 32.2. The topological polar surface area (TPSA) is 81.8 Å². The van der Waals surface area contributed by atoms with Crippen LogP contribution in [0.2, 0.25) is 0 Å². The molecule has 3 rings (SSSR count). The molecule has 0 radical (unpaired) electrons. The van der Waals surface area contributed by atoms with Crippen LogP contribution < -0.4 is 10.9 Å². The minimum absolute atomic E-state index is 0.120. The van der Waals surface area contributed by atoms with Gasteiger partial charge < -0.3 is 14.5 Å². The van der Waals surface area contributed by atoms with Crippen LogP contribution in [0.15, 0.2) is 46.5 Å². The van der Waals surface area contributed by atoms with Gasteiger partial charge in [-0.2, -0.15) is 0 Å². The van der Waals surface area contributed by atoms with E-state index in [1.165, 1.54) is 16.3 Å². The Balaban J connectivity index is 1.70. The highest BCUT2D eigenvalue weighted by molar-refractivity contribution is 7.99. The van der Waals surface area contributed by atoms with E-state index in [1.54, 1.807) is 37.0 Å². The predicted octanol–water partition coefficient (Wildman–Crippen LogP) is 2.53. The maximum atomic E-state index is 12.3. The molecule has 27 heavy (non-hydrogen) atoms. The van der Waals surface area contributed by atoms with Crippen LogP contribution in [-0.2, 0) is 18.9 Å². The molecule has 2 heterocycles. The SMILES string of the molecule is Cc1cc(C)cc(NC(=O)CSc2nnc(-c3cccn(C)c3=O)n2C)c1. The van der Waals surface area contributed by atoms with Crippen molar-refractivity contribution in [1.29, 1.82) is 0 Å². The first-order chi connectivity index (χ1) is 12.8. The number of pyridine rings is 1. The average molecular weight is 383 g/mol. The van der Waals surface area contributed by atoms with Crippen molar-refractivity contribution in [3.63, 3.8) is 0 Å². The van der Waals surface area contributed by atoms with Crippen molar-refractivity contribution in [2.75, 3.05) is 11.1 Å². The third-order valence-electron chi connectivity index (χ3n) is 4.04. The highest BCUT2D eigenvalue weighted by Crippen LogP contribution is 2.21. The summed E-state index contributed by atoms with van der Waals surface area (Å²) in [6, 6.07) is 9.42. The molecule has 0 saturated heterocycles. The van der Waals surface area contributed by atoms with Gasteiger partial charge in [0.25, 0.3) is 5.56 Å². The number of thioether (sulfide) groups is 1. The zero-order valence-electron chi connectivity index (χ0n) is 15.7. The number of carbonyl (C=O) groups is 1. The molecule has 3 aromatic rings. The number of nitrogens with zero attached hydrogens (tertiary/aromatic N) is 4. The van der Waals surface area contributed by atoms with Crippen molar-refractivity contribution in [2.24, 2.45) is 14.1 Å². The first-order valence-corrected chi connectivity index (χ1v) is 9.40. The van der Waals surface area contributed by atoms with Crippen LogP contribution in [0.25, 0.3) is 11.4 Å². The van der Waals surface area contributed by atoms with Crippen molar-refractivity contribution in [3.05, 3.63) is 58.0 Å². The Hall–Kier alpha value is -2.87. The van der Waals surface area contributed by atoms with E-state index in [2.05, 4.69) is 21.6 Å². The standard InChI is InChI=1S/C19H21N5O2S/c1-12-8-13(2)10-14(9-12)20-16(25)11-27-19-22-21-17(24(19)4)15-6-5-7-23(3)18(15)26/h5-10H,11H2,1-4H3,(H,20,25). The van der Waals surface area contributed by atoms with Gasteiger partial charge in [-0.1, -0.05) is 17.8 Å². The van der Waals surface area contributed by atoms with E-state index in [0.29, 0.717) is 16.5 Å². The van der Waals surface area contributed by atoms with Gasteiger partial charge in [-0.3, -0.25) is 9.59 Å². The number of aryl methyl sites for hydroxylation is 3. The van der Waals surface area contributed by atoms with E-state index in [-0.39, 0.29) is 17.2 Å². The number of carbonyl (C=O) groups excluding carboxylic acids is 1. The second-order valence-corrected chi connectivity index (χ2v) is 7.36. The van der Waals surface area contributed by atoms with E-state index in [0.717, 1.165) is 16.8 Å². The summed E-state index contributed by atoms with van der Waals surface area (Å²) in [5, 5.41) is 11.7. The molecule has 0 bridgehead atoms. The fourth-order valence-corrected chi connectivity index (χ4v) is 3.53. The Morgan fingerprint density at radius 1 is 1.15 bits per heavy atom. The minimum atomic E-state index is -0.142. The second kappa shape index (κ2) is 7.79. The van der Waals surface area contributed by atoms with Crippen LogP contribution >= 0.6 is 11.8 Å². The van der Waals surface area contributed by atoms with E-state index in [4.69, 9.17) is 0 Å². The van der Waals surface area contributed by atoms with Gasteiger partial charge in [0.2, 0.25) is 5.91 Å². The molecule has 1 N–H and O–H groups in total. The Labute approximate surface area is 161 Å². The van der Waals surface area contributed by atoms with E-state index in [9.17, 15) is 9.59 Å². The molecular weight excluding hydrogens is 362 g/mol. The lowest BCUT2D eigenvalue weighted by molar-refractivity contribution is -0.113. The molecule has 140 valence electrons. The molecule has 0 atom stereocenters. The molecule has 0 fully saturated rings. The number of rotatable bonds is 5. The number of aromatic nitrogens is 4. The molecule has 0 aliphatic rings. The summed E-state index contributed by atoms with van der Waals surface area (Å²) in [7, 11) is 3.47. The summed E-state index contributed by atoms with van der Waals surface area (Å²) < 4.78 is 3.22. The number of anilines is 1. The number of nitrogens with one attached hydrogen (secondary N) is 1. The van der Waals surface area contributed by atoms with E-state index in [1.807, 2.05) is 26.0 Å². The molecular formula is C19H21N5O2S. The van der Waals surface area contributed by atoms with Gasteiger partial charge in [0, 0.05) is 26.0 Å². The molecule has 2 aromatic heterocycles. The molecule has 0 spiro atoms. The van der Waals surface area contributed by atoms with Gasteiger partial charge in [0.15, 0.2) is 11.0 Å². The molecule has 0 saturated carbocycles. The number of amides is 1. The van der Waals surface area contributed by atoms with Crippen molar-refractivity contribution in [3.8, 4) is 11.4 Å². The van der Waals surface area contributed by atoms with E-state index >= 15 is 0 Å². The van der Waals surface area contributed by atoms with E-state index < -0.39 is 0 Å². The largest absolute Gasteiger partial charge is 0.325 e. The van der Waals surface area contributed by atoms with Gasteiger partial charge in [-0.25, -0.2) is 0 Å². The van der Waals surface area contributed by atoms with Crippen molar-refractivity contribution in [2.45, 2.75) is 19.0 Å². The number of hydrogen-bond acceptors (Lipinski definition) is 5. The summed E-state index contributed by atoms with van der Waals surface area (Å²) in [5.41, 5.74) is 3.31. The van der Waals surface area contributed by atoms with Gasteiger partial charge in [-0.05, 0) is 49.2 Å². The third kappa shape index (κ3) is 4.28. The lowest BCUT2D eigenvalue weighted by Crippen LogP contribution is -2.18. The zero-order chi connectivity index (χ0) is 19.6. The highest BCUT2D eigenvalue weighted by Gasteiger charge is 2.15. The van der Waals surface area contributed by atoms with Crippen LogP contribution in [0.1, 0.15) is 11.1 Å². The summed E-state index contributed by atoms with van der Waals surface area (Å²) in [6.45, 7) is 3.98. The smallest absolute Gasteiger partial charge is 0.261 e. The molecule has 8 heteroatoms. The first-order valence-electron chi connectivity index (χ1n) is 8.41. The summed E-state index contributed by atoms with van der Waals surface area (Å²) >= 11 is 1.28. The molecule has 1 amide bonds. The summed E-state index contributed by atoms with van der Waals surface area (Å²) in [4.78, 5) is 24.5. The lowest BCUT2D eigenvalue weighted by atomic mass is 10.1. The van der Waals surface area contributed by atoms with Crippen LogP contribution in [0.3, 0.4) is 0 Å². The van der Waals surface area contributed by atoms with Gasteiger partial charge in [-0.15, -0.1) is 10.2 Å². The Morgan fingerprint density at radius 2 is 1.85 bits per heavy atom. The van der Waals surface area contributed by atoms with Crippen LogP contribution in [-0.4, -0.2) is 31.0 Å². The van der Waals surface area contributed by atoms with Crippen LogP contribution in [0.4, 0.5) is 5.69 Å². The molecule has 1 aromatic carbocycles. The zero-order valence-corrected chi connectivity index (χ0v) is 16.5. The van der Waals surface area contributed by atoms with Crippen LogP contribution in [0, 0.1) is 13.8 Å². The maximum absolute atomic E-state index is 12.3. The summed E-state index contributed by atoms with van der Waals surface area (Å²) in [6.07, 6.45) is 1.69. The normalized spacial score (nSPS) is 10.8. The second-order valence-electron chi connectivity index (χ2n) is 6.42. The van der Waals surface area contributed by atoms with Gasteiger partial charge >= 0.3 is 0 Å². The fraction of sp³-hybridized carbons (Fsp3) is 0.263. The Kier molecular flexibility index (Phi) is 5.46. The van der Waals surface area contributed by atoms with Crippen molar-refractivity contribution >= 4 is 23.4 Å². The molecule has 0 unspecified atom stereocenters. The quantitative estimate of drug-likeness (QED) is 0.685. The first kappa shape index (κ1) is 18.9. The number of hydrogen-bond donors (Lipinski definition) is 1. The third-order valence-corrected chi connectivity index (χ3v) is 5.06. The van der Waals surface area contributed by atoms with Gasteiger partial charge in [0.05, 0.1) is 11.3 Å². The Bertz CT molecular complexity index is 1030. The monoisotopic (exact) mass is 383 g/mol. The molecule has 0 aliphatic carbocycles. The van der Waals surface area contributed by atoms with Crippen molar-refractivity contribution in [1.82, 2.24) is 19.3 Å². The predicted molar refractivity (Wildman–Crippen MR) is 107 cm³/mol. The molecule has 7 nitrogen and oxygen atoms in total. The fourth-order valence-electron chi connectivity index (χ4n) is 2.82. The Morgan fingerprint density at radius 3 is 2.56 bits per heavy atom. The van der Waals surface area contributed by atoms with Gasteiger partial charge in [0.1, 0.15) is 0 Å². The maximum Gasteiger partial charge on any atom is 0.261 e. The molecule has 0 aliphatic heterocycles. The average Bonchev–Trinajstić information content (AvgIpc) is 2.95. The van der Waals surface area contributed by atoms with Crippen LogP contribution in [0.5, 0.6) is 0 Å². The number of benzene rings is 1. The summed E-state index contributed by atoms with van der Waals surface area (Å²) in [5.74, 6) is 0.560.